The molecule has 0 saturated heterocycles. The first-order valence-electron chi connectivity index (χ1n) is 21.8. The molecule has 2 nitrogen and oxygen atoms in total. The number of hydrogen-bond donors (Lipinski definition) is 0. The summed E-state index contributed by atoms with van der Waals surface area (Å²) in [6.45, 7) is 0. The highest BCUT2D eigenvalue weighted by molar-refractivity contribution is 7.20. The van der Waals surface area contributed by atoms with Gasteiger partial charge in [0.05, 0.1) is 27.8 Å². The molecule has 296 valence electrons. The van der Waals surface area contributed by atoms with E-state index in [0.717, 1.165) is 11.4 Å². The van der Waals surface area contributed by atoms with Gasteiger partial charge in [0, 0.05) is 32.8 Å². The van der Waals surface area contributed by atoms with Crippen LogP contribution in [0.1, 0.15) is 0 Å². The van der Waals surface area contributed by atoms with Gasteiger partial charge in [0.1, 0.15) is 0 Å². The Morgan fingerprint density at radius 2 is 0.778 bits per heavy atom. The quantitative estimate of drug-likeness (QED) is 0.107. The zero-order chi connectivity index (χ0) is 41.7. The van der Waals surface area contributed by atoms with Gasteiger partial charge in [-0.1, -0.05) is 218 Å². The van der Waals surface area contributed by atoms with Crippen molar-refractivity contribution in [1.82, 2.24) is 9.13 Å². The third kappa shape index (κ3) is 5.78. The van der Waals surface area contributed by atoms with Crippen LogP contribution in [-0.2, 0) is 0 Å². The Morgan fingerprint density at radius 1 is 0.302 bits per heavy atom. The van der Waals surface area contributed by atoms with Crippen molar-refractivity contribution in [2.24, 2.45) is 0 Å². The summed E-state index contributed by atoms with van der Waals surface area (Å²) in [6.07, 6.45) is 0. The summed E-state index contributed by atoms with van der Waals surface area (Å²) in [5, 5.41) is 10.5. The summed E-state index contributed by atoms with van der Waals surface area (Å²) in [6, 6.07) is 94.3. The van der Waals surface area contributed by atoms with Crippen LogP contribution >= 0.6 is 0 Å². The molecule has 2 aromatic heterocycles. The summed E-state index contributed by atoms with van der Waals surface area (Å²) >= 11 is 0. The van der Waals surface area contributed by atoms with Gasteiger partial charge < -0.3 is 9.13 Å². The van der Waals surface area contributed by atoms with E-state index in [2.05, 4.69) is 264 Å². The lowest BCUT2D eigenvalue weighted by Gasteiger charge is -2.35. The highest BCUT2D eigenvalue weighted by atomic mass is 28.3. The van der Waals surface area contributed by atoms with Gasteiger partial charge in [-0.15, -0.1) is 0 Å². The van der Waals surface area contributed by atoms with Crippen molar-refractivity contribution in [3.63, 3.8) is 0 Å². The molecule has 63 heavy (non-hydrogen) atoms. The predicted molar refractivity (Wildman–Crippen MR) is 270 cm³/mol. The van der Waals surface area contributed by atoms with Crippen molar-refractivity contribution in [2.75, 3.05) is 0 Å². The SMILES string of the molecule is c1ccc(-c2cccc(-n3c4ccccc4c4ccc(-n5c6ccccc6c6c([Si](c7ccccc7)(c7ccccc7)c7ccccc7)cccc65)c(-c5ccccc5)c43)c2)cc1. The van der Waals surface area contributed by atoms with E-state index in [1.54, 1.807) is 0 Å². The van der Waals surface area contributed by atoms with Crippen molar-refractivity contribution < 1.29 is 0 Å². The fraction of sp³-hybridized carbons (Fsp3) is 0. The molecular weight excluding hydrogens is 777 g/mol. The lowest BCUT2D eigenvalue weighted by atomic mass is 9.99. The molecule has 0 radical (unpaired) electrons. The summed E-state index contributed by atoms with van der Waals surface area (Å²) in [7, 11) is -2.92. The standard InChI is InChI=1S/C60H42N2Si/c1-6-22-43(23-7-1)45-26-20-27-46(42-45)61-53-36-18-16-34-50(53)51-40-41-56(58(60(51)61)44-24-8-2-9-25-44)62-54-37-19-17-35-52(54)59-55(62)38-21-39-57(59)63(47-28-10-3-11-29-47,48-30-12-4-13-31-48)49-32-14-5-15-33-49/h1-42H. The van der Waals surface area contributed by atoms with Crippen LogP contribution in [0, 0.1) is 0 Å². The smallest absolute Gasteiger partial charge is 0.180 e. The molecule has 12 aromatic rings. The van der Waals surface area contributed by atoms with E-state index < -0.39 is 8.07 Å². The first kappa shape index (κ1) is 36.8. The summed E-state index contributed by atoms with van der Waals surface area (Å²) in [4.78, 5) is 0. The maximum atomic E-state index is 2.55. The molecular formula is C60H42N2Si. The van der Waals surface area contributed by atoms with Crippen molar-refractivity contribution in [3.8, 4) is 33.6 Å². The molecule has 0 aliphatic carbocycles. The van der Waals surface area contributed by atoms with E-state index in [9.17, 15) is 0 Å². The zero-order valence-electron chi connectivity index (χ0n) is 34.6. The Labute approximate surface area is 368 Å². The van der Waals surface area contributed by atoms with Crippen LogP contribution in [0.3, 0.4) is 0 Å². The van der Waals surface area contributed by atoms with Crippen molar-refractivity contribution in [3.05, 3.63) is 255 Å². The molecule has 12 rings (SSSR count). The predicted octanol–water partition coefficient (Wildman–Crippen LogP) is 12.6. The number of nitrogens with zero attached hydrogens (tertiary/aromatic N) is 2. The van der Waals surface area contributed by atoms with Gasteiger partial charge >= 0.3 is 0 Å². The molecule has 10 aromatic carbocycles. The largest absolute Gasteiger partial charge is 0.309 e. The first-order chi connectivity index (χ1) is 31.3. The van der Waals surface area contributed by atoms with Crippen LogP contribution in [0.4, 0.5) is 0 Å². The van der Waals surface area contributed by atoms with Gasteiger partial charge in [-0.3, -0.25) is 0 Å². The summed E-state index contributed by atoms with van der Waals surface area (Å²) in [5.74, 6) is 0. The van der Waals surface area contributed by atoms with E-state index in [1.807, 2.05) is 0 Å². The second-order valence-corrected chi connectivity index (χ2v) is 20.2. The van der Waals surface area contributed by atoms with Crippen LogP contribution in [0.5, 0.6) is 0 Å². The maximum Gasteiger partial charge on any atom is 0.180 e. The number of benzene rings is 10. The highest BCUT2D eigenvalue weighted by Crippen LogP contribution is 2.44. The van der Waals surface area contributed by atoms with E-state index in [-0.39, 0.29) is 0 Å². The minimum atomic E-state index is -2.92. The molecule has 0 unspecified atom stereocenters. The van der Waals surface area contributed by atoms with Gasteiger partial charge in [-0.05, 0) is 73.8 Å². The van der Waals surface area contributed by atoms with E-state index in [0.29, 0.717) is 0 Å². The first-order valence-corrected chi connectivity index (χ1v) is 23.8. The molecule has 0 atom stereocenters. The summed E-state index contributed by atoms with van der Waals surface area (Å²) in [5.41, 5.74) is 11.8. The number of para-hydroxylation sites is 2. The molecule has 0 amide bonds. The Balaban J connectivity index is 1.23. The monoisotopic (exact) mass is 818 g/mol. The van der Waals surface area contributed by atoms with E-state index >= 15 is 0 Å². The maximum absolute atomic E-state index is 2.92. The fourth-order valence-corrected chi connectivity index (χ4v) is 15.5. The molecule has 0 aliphatic heterocycles. The lowest BCUT2D eigenvalue weighted by molar-refractivity contribution is 1.16. The second kappa shape index (κ2) is 15.2. The lowest BCUT2D eigenvalue weighted by Crippen LogP contribution is -2.74. The van der Waals surface area contributed by atoms with Crippen molar-refractivity contribution in [1.29, 1.82) is 0 Å². The summed E-state index contributed by atoms with van der Waals surface area (Å²) < 4.78 is 5.05. The number of fused-ring (bicyclic) bond motifs is 6. The Kier molecular flexibility index (Phi) is 8.87. The van der Waals surface area contributed by atoms with Gasteiger partial charge in [0.2, 0.25) is 0 Å². The molecule has 0 fully saturated rings. The average molecular weight is 819 g/mol. The third-order valence-electron chi connectivity index (χ3n) is 13.1. The van der Waals surface area contributed by atoms with Crippen LogP contribution in [0.2, 0.25) is 0 Å². The third-order valence-corrected chi connectivity index (χ3v) is 17.9. The molecule has 0 bridgehead atoms. The molecule has 0 spiro atoms. The molecule has 2 heterocycles. The Hall–Kier alpha value is -7.98. The van der Waals surface area contributed by atoms with Gasteiger partial charge in [-0.2, -0.15) is 0 Å². The van der Waals surface area contributed by atoms with Crippen molar-refractivity contribution >= 4 is 72.4 Å². The van der Waals surface area contributed by atoms with Crippen LogP contribution in [0.25, 0.3) is 77.2 Å². The molecule has 0 N–H and O–H groups in total. The minimum Gasteiger partial charge on any atom is -0.309 e. The van der Waals surface area contributed by atoms with Crippen molar-refractivity contribution in [2.45, 2.75) is 0 Å². The van der Waals surface area contributed by atoms with E-state index in [4.69, 9.17) is 0 Å². The van der Waals surface area contributed by atoms with Gasteiger partial charge in [0.15, 0.2) is 8.07 Å². The minimum absolute atomic E-state index is 1.13. The zero-order valence-corrected chi connectivity index (χ0v) is 35.6. The van der Waals surface area contributed by atoms with Crippen LogP contribution in [0.15, 0.2) is 255 Å². The van der Waals surface area contributed by atoms with Gasteiger partial charge in [-0.25, -0.2) is 0 Å². The molecule has 0 saturated carbocycles. The van der Waals surface area contributed by atoms with Gasteiger partial charge in [0.25, 0.3) is 0 Å². The van der Waals surface area contributed by atoms with Crippen LogP contribution < -0.4 is 20.7 Å². The number of hydrogen-bond acceptors (Lipinski definition) is 0. The number of rotatable bonds is 8. The normalized spacial score (nSPS) is 11.8. The topological polar surface area (TPSA) is 9.86 Å². The Bertz CT molecular complexity index is 3500. The fourth-order valence-electron chi connectivity index (χ4n) is 10.5. The van der Waals surface area contributed by atoms with E-state index in [1.165, 1.54) is 86.6 Å². The highest BCUT2D eigenvalue weighted by Gasteiger charge is 2.43. The average Bonchev–Trinajstić information content (AvgIpc) is 3.89. The molecule has 3 heteroatoms. The second-order valence-electron chi connectivity index (χ2n) is 16.4. The number of aromatic nitrogens is 2. The van der Waals surface area contributed by atoms with Crippen LogP contribution in [-0.4, -0.2) is 17.2 Å². The molecule has 0 aliphatic rings. The Morgan fingerprint density at radius 3 is 1.40 bits per heavy atom.